The van der Waals surface area contributed by atoms with Gasteiger partial charge in [-0.3, -0.25) is 4.79 Å². The van der Waals surface area contributed by atoms with Gasteiger partial charge in [-0.2, -0.15) is 13.2 Å². The van der Waals surface area contributed by atoms with Gasteiger partial charge in [0.05, 0.1) is 18.5 Å². The average Bonchev–Trinajstić information content (AvgIpc) is 2.66. The van der Waals surface area contributed by atoms with Crippen LogP contribution in [0.4, 0.5) is 13.2 Å². The number of morpholine rings is 1. The number of carbonyl (C=O) groups excluding carboxylic acids is 1. The first-order chi connectivity index (χ1) is 9.14. The fraction of sp³-hybridized carbons (Fsp3) is 0.909. The van der Waals surface area contributed by atoms with Crippen LogP contribution in [0.5, 0.6) is 0 Å². The average molecular weight is 315 g/mol. The van der Waals surface area contributed by atoms with E-state index < -0.39 is 39.3 Å². The van der Waals surface area contributed by atoms with Crippen LogP contribution in [0.3, 0.4) is 0 Å². The Kier molecular flexibility index (Phi) is 4.03. The molecule has 0 spiro atoms. The molecule has 3 atom stereocenters. The molecule has 0 N–H and O–H groups in total. The van der Waals surface area contributed by atoms with Crippen LogP contribution in [0.15, 0.2) is 0 Å². The van der Waals surface area contributed by atoms with E-state index in [1.54, 1.807) is 0 Å². The highest BCUT2D eigenvalue weighted by Gasteiger charge is 2.53. The van der Waals surface area contributed by atoms with Gasteiger partial charge in [-0.15, -0.1) is 0 Å². The van der Waals surface area contributed by atoms with Crippen molar-refractivity contribution in [1.82, 2.24) is 4.90 Å². The number of hydrogen-bond acceptors (Lipinski definition) is 4. The summed E-state index contributed by atoms with van der Waals surface area (Å²) in [6.45, 7) is 0.979. The van der Waals surface area contributed by atoms with Crippen LogP contribution in [0, 0.1) is 0 Å². The summed E-state index contributed by atoms with van der Waals surface area (Å²) in [6.07, 6.45) is -5.43. The molecule has 0 aliphatic carbocycles. The summed E-state index contributed by atoms with van der Waals surface area (Å²) in [5, 5.41) is -1.34. The summed E-state index contributed by atoms with van der Waals surface area (Å²) in [6, 6.07) is -2.08. The largest absolute Gasteiger partial charge is 0.411 e. The number of carbonyl (C=O) groups is 1. The predicted molar refractivity (Wildman–Crippen MR) is 63.8 cm³/mol. The normalized spacial score (nSPS) is 34.2. The van der Waals surface area contributed by atoms with E-state index in [0.717, 1.165) is 0 Å². The molecule has 2 aliphatic heterocycles. The van der Waals surface area contributed by atoms with Crippen LogP contribution in [0.1, 0.15) is 19.8 Å². The molecular formula is C11H16F3NO4S. The highest BCUT2D eigenvalue weighted by atomic mass is 32.2. The van der Waals surface area contributed by atoms with Crippen molar-refractivity contribution >= 4 is 15.7 Å². The van der Waals surface area contributed by atoms with E-state index in [2.05, 4.69) is 0 Å². The molecule has 20 heavy (non-hydrogen) atoms. The number of amides is 1. The zero-order valence-corrected chi connectivity index (χ0v) is 11.7. The minimum absolute atomic E-state index is 0.0216. The smallest absolute Gasteiger partial charge is 0.374 e. The zero-order valence-electron chi connectivity index (χ0n) is 10.9. The number of ether oxygens (including phenoxy) is 1. The highest BCUT2D eigenvalue weighted by Crippen LogP contribution is 2.33. The molecule has 0 aromatic carbocycles. The van der Waals surface area contributed by atoms with Gasteiger partial charge in [0, 0.05) is 6.54 Å². The van der Waals surface area contributed by atoms with E-state index in [-0.39, 0.29) is 25.3 Å². The first kappa shape index (κ1) is 15.6. The van der Waals surface area contributed by atoms with Crippen molar-refractivity contribution in [1.29, 1.82) is 0 Å². The first-order valence-corrected chi connectivity index (χ1v) is 8.06. The summed E-state index contributed by atoms with van der Waals surface area (Å²) in [5.41, 5.74) is 0. The predicted octanol–water partition coefficient (Wildman–Crippen LogP) is 0.742. The van der Waals surface area contributed by atoms with Crippen LogP contribution in [0.25, 0.3) is 0 Å². The second-order valence-corrected chi connectivity index (χ2v) is 7.39. The molecular weight excluding hydrogens is 299 g/mol. The SMILES string of the molecule is C[C@@H]1OCCN(C(=O)C2CCCS2(=O)=O)[C@@H]1C(F)(F)F. The number of alkyl halides is 3. The van der Waals surface area contributed by atoms with Gasteiger partial charge in [-0.05, 0) is 19.8 Å². The summed E-state index contributed by atoms with van der Waals surface area (Å²) in [5.74, 6) is -1.08. The van der Waals surface area contributed by atoms with Gasteiger partial charge < -0.3 is 9.64 Å². The quantitative estimate of drug-likeness (QED) is 0.716. The topological polar surface area (TPSA) is 63.7 Å². The molecule has 2 heterocycles. The van der Waals surface area contributed by atoms with Gasteiger partial charge in [-0.25, -0.2) is 8.42 Å². The Bertz CT molecular complexity index is 490. The molecule has 2 aliphatic rings. The molecule has 2 fully saturated rings. The summed E-state index contributed by atoms with van der Waals surface area (Å²) in [4.78, 5) is 12.8. The first-order valence-electron chi connectivity index (χ1n) is 6.35. The van der Waals surface area contributed by atoms with Crippen LogP contribution >= 0.6 is 0 Å². The molecule has 0 saturated carbocycles. The third-order valence-electron chi connectivity index (χ3n) is 3.72. The molecule has 9 heteroatoms. The summed E-state index contributed by atoms with van der Waals surface area (Å²) >= 11 is 0. The second kappa shape index (κ2) is 5.18. The number of rotatable bonds is 1. The van der Waals surface area contributed by atoms with Crippen molar-refractivity contribution in [2.75, 3.05) is 18.9 Å². The summed E-state index contributed by atoms with van der Waals surface area (Å²) in [7, 11) is -3.62. The van der Waals surface area contributed by atoms with Crippen LogP contribution in [0.2, 0.25) is 0 Å². The fourth-order valence-electron chi connectivity index (χ4n) is 2.76. The van der Waals surface area contributed by atoms with E-state index in [1.165, 1.54) is 6.92 Å². The molecule has 0 bridgehead atoms. The number of sulfone groups is 1. The Hall–Kier alpha value is -0.830. The van der Waals surface area contributed by atoms with Crippen molar-refractivity contribution in [3.8, 4) is 0 Å². The standard InChI is InChI=1S/C11H16F3NO4S/c1-7-9(11(12,13)14)15(4-5-19-7)10(16)8-3-2-6-20(8,17)18/h7-9H,2-6H2,1H3/t7-,8?,9-/m0/s1. The number of nitrogens with zero attached hydrogens (tertiary/aromatic N) is 1. The molecule has 0 aromatic rings. The van der Waals surface area contributed by atoms with Gasteiger partial charge in [0.2, 0.25) is 5.91 Å². The van der Waals surface area contributed by atoms with E-state index in [9.17, 15) is 26.4 Å². The Morgan fingerprint density at radius 3 is 2.50 bits per heavy atom. The molecule has 2 rings (SSSR count). The van der Waals surface area contributed by atoms with Gasteiger partial charge in [0.1, 0.15) is 5.25 Å². The van der Waals surface area contributed by atoms with Gasteiger partial charge in [-0.1, -0.05) is 0 Å². The van der Waals surface area contributed by atoms with Crippen molar-refractivity contribution in [2.45, 2.75) is 43.3 Å². The number of halogens is 3. The molecule has 0 radical (unpaired) electrons. The maximum Gasteiger partial charge on any atom is 0.411 e. The lowest BCUT2D eigenvalue weighted by molar-refractivity contribution is -0.229. The van der Waals surface area contributed by atoms with Gasteiger partial charge >= 0.3 is 6.18 Å². The van der Waals surface area contributed by atoms with E-state index in [4.69, 9.17) is 4.74 Å². The van der Waals surface area contributed by atoms with E-state index in [1.807, 2.05) is 0 Å². The summed E-state index contributed by atoms with van der Waals surface area (Å²) < 4.78 is 67.6. The van der Waals surface area contributed by atoms with Gasteiger partial charge in [0.25, 0.3) is 0 Å². The van der Waals surface area contributed by atoms with Crippen LogP contribution in [-0.2, 0) is 19.4 Å². The second-order valence-electron chi connectivity index (χ2n) is 5.09. The Balaban J connectivity index is 2.27. The van der Waals surface area contributed by atoms with Crippen molar-refractivity contribution < 1.29 is 31.1 Å². The van der Waals surface area contributed by atoms with E-state index >= 15 is 0 Å². The van der Waals surface area contributed by atoms with Crippen LogP contribution < -0.4 is 0 Å². The molecule has 1 amide bonds. The van der Waals surface area contributed by atoms with Crippen molar-refractivity contribution in [2.24, 2.45) is 0 Å². The van der Waals surface area contributed by atoms with Crippen molar-refractivity contribution in [3.05, 3.63) is 0 Å². The maximum absolute atomic E-state index is 13.1. The molecule has 2 saturated heterocycles. The lowest BCUT2D eigenvalue weighted by atomic mass is 10.1. The Labute approximate surface area is 115 Å². The molecule has 0 aromatic heterocycles. The molecule has 5 nitrogen and oxygen atoms in total. The third kappa shape index (κ3) is 2.78. The zero-order chi connectivity index (χ0) is 15.1. The molecule has 1 unspecified atom stereocenters. The monoisotopic (exact) mass is 315 g/mol. The minimum Gasteiger partial charge on any atom is -0.374 e. The van der Waals surface area contributed by atoms with E-state index in [0.29, 0.717) is 11.3 Å². The minimum atomic E-state index is -4.64. The Morgan fingerprint density at radius 2 is 2.00 bits per heavy atom. The van der Waals surface area contributed by atoms with Crippen LogP contribution in [-0.4, -0.2) is 61.7 Å². The lowest BCUT2D eigenvalue weighted by Gasteiger charge is -2.41. The lowest BCUT2D eigenvalue weighted by Crippen LogP contribution is -2.61. The Morgan fingerprint density at radius 1 is 1.35 bits per heavy atom. The molecule has 116 valence electrons. The third-order valence-corrected chi connectivity index (χ3v) is 5.88. The highest BCUT2D eigenvalue weighted by molar-refractivity contribution is 7.93. The fourth-order valence-corrected chi connectivity index (χ4v) is 4.59. The maximum atomic E-state index is 13.1. The van der Waals surface area contributed by atoms with Crippen molar-refractivity contribution in [3.63, 3.8) is 0 Å². The van der Waals surface area contributed by atoms with Gasteiger partial charge in [0.15, 0.2) is 15.9 Å². The number of hydrogen-bond donors (Lipinski definition) is 0.